The van der Waals surface area contributed by atoms with E-state index < -0.39 is 0 Å². The van der Waals surface area contributed by atoms with Gasteiger partial charge in [0.2, 0.25) is 0 Å². The molecule has 1 aromatic rings. The quantitative estimate of drug-likeness (QED) is 0.675. The van der Waals surface area contributed by atoms with Crippen LogP contribution in [0, 0.1) is 18.3 Å². The summed E-state index contributed by atoms with van der Waals surface area (Å²) in [6.07, 6.45) is 1.49. The molecule has 0 aromatic heterocycles. The molecule has 0 radical (unpaired) electrons. The van der Waals surface area contributed by atoms with Crippen molar-refractivity contribution in [1.29, 1.82) is 5.26 Å². The van der Waals surface area contributed by atoms with Gasteiger partial charge in [0.25, 0.3) is 0 Å². The van der Waals surface area contributed by atoms with E-state index in [1.807, 2.05) is 13.8 Å². The fourth-order valence-corrected chi connectivity index (χ4v) is 0.955. The monoisotopic (exact) mass is 175 g/mol. The summed E-state index contributed by atoms with van der Waals surface area (Å²) in [5, 5.41) is 8.33. The molecule has 70 valence electrons. The zero-order valence-corrected chi connectivity index (χ0v) is 8.67. The Labute approximate surface area is 81.0 Å². The van der Waals surface area contributed by atoms with Crippen molar-refractivity contribution in [3.8, 4) is 6.07 Å². The molecule has 0 atom stereocenters. The zero-order valence-electron chi connectivity index (χ0n) is 8.67. The van der Waals surface area contributed by atoms with Crippen LogP contribution in [0.25, 0.3) is 0 Å². The van der Waals surface area contributed by atoms with Gasteiger partial charge in [0, 0.05) is 6.42 Å². The second kappa shape index (κ2) is 7.36. The summed E-state index contributed by atoms with van der Waals surface area (Å²) in [5.74, 6) is 0. The molecular weight excluding hydrogens is 158 g/mol. The van der Waals surface area contributed by atoms with E-state index >= 15 is 0 Å². The Kier molecular flexibility index (Phi) is 6.63. The third-order valence-corrected chi connectivity index (χ3v) is 1.65. The number of rotatable bonds is 2. The van der Waals surface area contributed by atoms with Crippen molar-refractivity contribution in [2.45, 2.75) is 33.6 Å². The highest BCUT2D eigenvalue weighted by atomic mass is 14.2. The second-order valence-electron chi connectivity index (χ2n) is 2.64. The van der Waals surface area contributed by atoms with E-state index in [0.29, 0.717) is 6.42 Å². The average molecular weight is 175 g/mol. The summed E-state index contributed by atoms with van der Waals surface area (Å²) in [7, 11) is 0. The van der Waals surface area contributed by atoms with Gasteiger partial charge in [0.05, 0.1) is 6.07 Å². The lowest BCUT2D eigenvalue weighted by Gasteiger charge is -1.96. The molecule has 0 aliphatic carbocycles. The molecule has 0 aliphatic heterocycles. The van der Waals surface area contributed by atoms with E-state index in [9.17, 15) is 0 Å². The minimum atomic E-state index is 0.614. The fraction of sp³-hybridized carbons (Fsp3) is 0.417. The van der Waals surface area contributed by atoms with Gasteiger partial charge in [-0.2, -0.15) is 5.26 Å². The van der Waals surface area contributed by atoms with E-state index in [1.165, 1.54) is 11.1 Å². The predicted octanol–water partition coefficient (Wildman–Crippen LogP) is 3.48. The lowest BCUT2D eigenvalue weighted by Crippen LogP contribution is -1.82. The summed E-state index contributed by atoms with van der Waals surface area (Å²) in [4.78, 5) is 0. The summed E-state index contributed by atoms with van der Waals surface area (Å²) < 4.78 is 0. The van der Waals surface area contributed by atoms with E-state index in [4.69, 9.17) is 5.26 Å². The highest BCUT2D eigenvalue weighted by Crippen LogP contribution is 2.04. The van der Waals surface area contributed by atoms with Crippen molar-refractivity contribution in [2.24, 2.45) is 0 Å². The van der Waals surface area contributed by atoms with Crippen LogP contribution in [0.5, 0.6) is 0 Å². The lowest BCUT2D eigenvalue weighted by atomic mass is 10.1. The molecule has 0 heterocycles. The average Bonchev–Trinajstić information content (AvgIpc) is 2.20. The molecule has 0 aliphatic rings. The van der Waals surface area contributed by atoms with Gasteiger partial charge in [-0.05, 0) is 18.9 Å². The van der Waals surface area contributed by atoms with E-state index in [1.54, 1.807) is 0 Å². The summed E-state index contributed by atoms with van der Waals surface area (Å²) in [5.41, 5.74) is 2.52. The molecule has 0 bridgehead atoms. The first kappa shape index (κ1) is 11.7. The number of aryl methyl sites for hydroxylation is 2. The summed E-state index contributed by atoms with van der Waals surface area (Å²) in [6.45, 7) is 6.06. The zero-order chi connectivity index (χ0) is 10.1. The van der Waals surface area contributed by atoms with Crippen molar-refractivity contribution in [2.75, 3.05) is 0 Å². The smallest absolute Gasteiger partial charge is 0.0625 e. The number of hydrogen-bond donors (Lipinski definition) is 0. The molecule has 1 nitrogen and oxygen atoms in total. The van der Waals surface area contributed by atoms with Crippen LogP contribution in [-0.4, -0.2) is 0 Å². The van der Waals surface area contributed by atoms with Crippen LogP contribution in [0.3, 0.4) is 0 Å². The van der Waals surface area contributed by atoms with Crippen LogP contribution in [0.4, 0.5) is 0 Å². The van der Waals surface area contributed by atoms with Gasteiger partial charge in [-0.25, -0.2) is 0 Å². The lowest BCUT2D eigenvalue weighted by molar-refractivity contribution is 1.01. The molecule has 1 heteroatoms. The van der Waals surface area contributed by atoms with Crippen LogP contribution < -0.4 is 0 Å². The van der Waals surface area contributed by atoms with E-state index in [0.717, 1.165) is 6.42 Å². The Morgan fingerprint density at radius 2 is 1.69 bits per heavy atom. The highest BCUT2D eigenvalue weighted by Gasteiger charge is 1.90. The molecular formula is C12H17N. The van der Waals surface area contributed by atoms with Crippen molar-refractivity contribution >= 4 is 0 Å². The van der Waals surface area contributed by atoms with E-state index in [2.05, 4.69) is 37.3 Å². The van der Waals surface area contributed by atoms with Crippen LogP contribution in [0.1, 0.15) is 31.4 Å². The van der Waals surface area contributed by atoms with Gasteiger partial charge in [0.1, 0.15) is 0 Å². The van der Waals surface area contributed by atoms with Crippen LogP contribution in [-0.2, 0) is 6.42 Å². The van der Waals surface area contributed by atoms with Gasteiger partial charge < -0.3 is 0 Å². The largest absolute Gasteiger partial charge is 0.198 e. The van der Waals surface area contributed by atoms with Crippen LogP contribution in [0.15, 0.2) is 24.3 Å². The molecule has 1 aromatic carbocycles. The molecule has 0 amide bonds. The number of hydrogen-bond acceptors (Lipinski definition) is 1. The van der Waals surface area contributed by atoms with Gasteiger partial charge in [0.15, 0.2) is 0 Å². The first-order chi connectivity index (χ1) is 6.33. The Hall–Kier alpha value is -1.29. The normalized spacial score (nSPS) is 8.15. The Morgan fingerprint density at radius 1 is 1.15 bits per heavy atom. The third kappa shape index (κ3) is 5.03. The summed E-state index contributed by atoms with van der Waals surface area (Å²) in [6, 6.07) is 10.4. The molecule has 0 saturated carbocycles. The van der Waals surface area contributed by atoms with Crippen molar-refractivity contribution in [3.63, 3.8) is 0 Å². The third-order valence-electron chi connectivity index (χ3n) is 1.65. The predicted molar refractivity (Wildman–Crippen MR) is 56.5 cm³/mol. The maximum atomic E-state index is 8.33. The van der Waals surface area contributed by atoms with E-state index in [-0.39, 0.29) is 0 Å². The molecule has 0 fully saturated rings. The minimum Gasteiger partial charge on any atom is -0.198 e. The minimum absolute atomic E-state index is 0.614. The standard InChI is InChI=1S/C10H11N.C2H6/c1-9-4-6-10(7-5-9)3-2-8-11;1-2/h4-7H,2-3H2,1H3;1-2H3. The molecule has 0 unspecified atom stereocenters. The Morgan fingerprint density at radius 3 is 2.15 bits per heavy atom. The molecule has 0 spiro atoms. The van der Waals surface area contributed by atoms with Gasteiger partial charge >= 0.3 is 0 Å². The van der Waals surface area contributed by atoms with Crippen LogP contribution >= 0.6 is 0 Å². The highest BCUT2D eigenvalue weighted by molar-refractivity contribution is 5.21. The van der Waals surface area contributed by atoms with Gasteiger partial charge in [-0.15, -0.1) is 0 Å². The van der Waals surface area contributed by atoms with Crippen molar-refractivity contribution in [1.82, 2.24) is 0 Å². The maximum absolute atomic E-state index is 8.33. The maximum Gasteiger partial charge on any atom is 0.0625 e. The molecule has 0 saturated heterocycles. The second-order valence-corrected chi connectivity index (χ2v) is 2.64. The van der Waals surface area contributed by atoms with Crippen LogP contribution in [0.2, 0.25) is 0 Å². The first-order valence-corrected chi connectivity index (χ1v) is 4.75. The van der Waals surface area contributed by atoms with Gasteiger partial charge in [-0.1, -0.05) is 43.7 Å². The number of nitrogens with zero attached hydrogens (tertiary/aromatic N) is 1. The topological polar surface area (TPSA) is 23.8 Å². The van der Waals surface area contributed by atoms with Crippen molar-refractivity contribution in [3.05, 3.63) is 35.4 Å². The molecule has 13 heavy (non-hydrogen) atoms. The number of nitriles is 1. The Balaban J connectivity index is 0.000000671. The summed E-state index contributed by atoms with van der Waals surface area (Å²) >= 11 is 0. The first-order valence-electron chi connectivity index (χ1n) is 4.75. The molecule has 1 rings (SSSR count). The van der Waals surface area contributed by atoms with Gasteiger partial charge in [-0.3, -0.25) is 0 Å². The SMILES string of the molecule is CC.Cc1ccc(CCC#N)cc1. The van der Waals surface area contributed by atoms with Crippen molar-refractivity contribution < 1.29 is 0 Å². The molecule has 0 N–H and O–H groups in total. The fourth-order valence-electron chi connectivity index (χ4n) is 0.955. The number of benzene rings is 1. The Bertz CT molecular complexity index is 253.